The number of nitrogens with one attached hydrogen (secondary N) is 2. The van der Waals surface area contributed by atoms with Gasteiger partial charge in [0.1, 0.15) is 0 Å². The minimum absolute atomic E-state index is 0.117. The second-order valence-electron chi connectivity index (χ2n) is 12.1. The topological polar surface area (TPSA) is 90.5 Å². The van der Waals surface area contributed by atoms with E-state index >= 15 is 0 Å². The highest BCUT2D eigenvalue weighted by Gasteiger charge is 2.27. The molecule has 4 aromatic carbocycles. The zero-order chi connectivity index (χ0) is 30.8. The lowest BCUT2D eigenvalue weighted by Crippen LogP contribution is -2.44. The SMILES string of the molecule is CN1CCN(CCCNc2ncc3c(n2)-c2ccccc2C(c2ccc(NS(=O)(=O)c4ccc5ccccc5c4)cc2)C3)CC1. The van der Waals surface area contributed by atoms with Crippen molar-refractivity contribution in [1.29, 1.82) is 0 Å². The van der Waals surface area contributed by atoms with Crippen molar-refractivity contribution in [2.45, 2.75) is 23.7 Å². The van der Waals surface area contributed by atoms with Gasteiger partial charge in [0.15, 0.2) is 0 Å². The number of fused-ring (bicyclic) bond motifs is 4. The van der Waals surface area contributed by atoms with Crippen molar-refractivity contribution in [3.63, 3.8) is 0 Å². The van der Waals surface area contributed by atoms with E-state index in [-0.39, 0.29) is 10.8 Å². The van der Waals surface area contributed by atoms with Crippen LogP contribution in [-0.2, 0) is 16.4 Å². The Bertz CT molecular complexity index is 1920. The van der Waals surface area contributed by atoms with Gasteiger partial charge in [0, 0.05) is 56.1 Å². The molecule has 0 bridgehead atoms. The van der Waals surface area contributed by atoms with Gasteiger partial charge in [-0.15, -0.1) is 0 Å². The molecular formula is C36H38N6O2S. The van der Waals surface area contributed by atoms with Gasteiger partial charge in [-0.05, 0) is 78.2 Å². The van der Waals surface area contributed by atoms with Gasteiger partial charge in [-0.3, -0.25) is 4.72 Å². The van der Waals surface area contributed by atoms with Crippen molar-refractivity contribution < 1.29 is 8.42 Å². The molecule has 1 aliphatic carbocycles. The fraction of sp³-hybridized carbons (Fsp3) is 0.278. The summed E-state index contributed by atoms with van der Waals surface area (Å²) < 4.78 is 29.1. The highest BCUT2D eigenvalue weighted by molar-refractivity contribution is 7.92. The van der Waals surface area contributed by atoms with E-state index in [2.05, 4.69) is 56.1 Å². The van der Waals surface area contributed by atoms with Crippen molar-refractivity contribution >= 4 is 32.4 Å². The summed E-state index contributed by atoms with van der Waals surface area (Å²) in [7, 11) is -1.54. The first-order valence-corrected chi connectivity index (χ1v) is 17.1. The van der Waals surface area contributed by atoms with Crippen molar-refractivity contribution in [2.24, 2.45) is 0 Å². The Morgan fingerprint density at radius 1 is 0.867 bits per heavy atom. The highest BCUT2D eigenvalue weighted by atomic mass is 32.2. The van der Waals surface area contributed by atoms with E-state index < -0.39 is 10.0 Å². The van der Waals surface area contributed by atoms with Gasteiger partial charge in [-0.25, -0.2) is 18.4 Å². The maximum Gasteiger partial charge on any atom is 0.261 e. The molecule has 1 atom stereocenters. The smallest absolute Gasteiger partial charge is 0.261 e. The zero-order valence-corrected chi connectivity index (χ0v) is 26.3. The fourth-order valence-corrected chi connectivity index (χ4v) is 7.52. The Labute approximate surface area is 265 Å². The van der Waals surface area contributed by atoms with Gasteiger partial charge in [0.25, 0.3) is 10.0 Å². The van der Waals surface area contributed by atoms with Crippen LogP contribution in [0.25, 0.3) is 22.0 Å². The number of nitrogens with zero attached hydrogens (tertiary/aromatic N) is 4. The minimum atomic E-state index is -3.73. The van der Waals surface area contributed by atoms with Crippen LogP contribution in [0.15, 0.2) is 102 Å². The highest BCUT2D eigenvalue weighted by Crippen LogP contribution is 2.42. The van der Waals surface area contributed by atoms with Crippen LogP contribution >= 0.6 is 0 Å². The van der Waals surface area contributed by atoms with Crippen LogP contribution in [-0.4, -0.2) is 74.5 Å². The van der Waals surface area contributed by atoms with Crippen molar-refractivity contribution in [3.05, 3.63) is 114 Å². The molecular weight excluding hydrogens is 581 g/mol. The molecule has 2 N–H and O–H groups in total. The molecule has 0 saturated carbocycles. The first-order chi connectivity index (χ1) is 21.9. The Hall–Kier alpha value is -4.31. The van der Waals surface area contributed by atoms with Gasteiger partial charge in [0.05, 0.1) is 10.6 Å². The summed E-state index contributed by atoms with van der Waals surface area (Å²) in [5.74, 6) is 0.786. The summed E-state index contributed by atoms with van der Waals surface area (Å²) in [6.45, 7) is 6.46. The number of benzene rings is 4. The van der Waals surface area contributed by atoms with E-state index in [1.165, 1.54) is 5.56 Å². The molecule has 9 heteroatoms. The van der Waals surface area contributed by atoms with Gasteiger partial charge in [-0.1, -0.05) is 66.7 Å². The van der Waals surface area contributed by atoms with Crippen molar-refractivity contribution in [2.75, 3.05) is 56.4 Å². The predicted molar refractivity (Wildman–Crippen MR) is 181 cm³/mol. The van der Waals surface area contributed by atoms with Crippen molar-refractivity contribution in [3.8, 4) is 11.3 Å². The number of sulfonamides is 1. The molecule has 2 aliphatic rings. The van der Waals surface area contributed by atoms with Crippen LogP contribution in [0.2, 0.25) is 0 Å². The lowest BCUT2D eigenvalue weighted by molar-refractivity contribution is 0.154. The lowest BCUT2D eigenvalue weighted by Gasteiger charge is -2.32. The largest absolute Gasteiger partial charge is 0.354 e. The summed E-state index contributed by atoms with van der Waals surface area (Å²) in [6, 6.07) is 29.1. The first kappa shape index (κ1) is 29.4. The van der Waals surface area contributed by atoms with Crippen LogP contribution in [0.3, 0.4) is 0 Å². The maximum atomic E-state index is 13.2. The van der Waals surface area contributed by atoms with Crippen LogP contribution in [0, 0.1) is 0 Å². The predicted octanol–water partition coefficient (Wildman–Crippen LogP) is 5.84. The van der Waals surface area contributed by atoms with E-state index in [4.69, 9.17) is 4.98 Å². The maximum absolute atomic E-state index is 13.2. The zero-order valence-electron chi connectivity index (χ0n) is 25.5. The Morgan fingerprint density at radius 3 is 2.44 bits per heavy atom. The molecule has 1 aromatic heterocycles. The van der Waals surface area contributed by atoms with Crippen LogP contribution in [0.1, 0.15) is 29.0 Å². The third kappa shape index (κ3) is 6.42. The Balaban J connectivity index is 1.04. The van der Waals surface area contributed by atoms with Crippen LogP contribution in [0.5, 0.6) is 0 Å². The monoisotopic (exact) mass is 618 g/mol. The van der Waals surface area contributed by atoms with Crippen molar-refractivity contribution in [1.82, 2.24) is 19.8 Å². The van der Waals surface area contributed by atoms with Gasteiger partial charge >= 0.3 is 0 Å². The summed E-state index contributed by atoms with van der Waals surface area (Å²) in [5, 5.41) is 5.34. The van der Waals surface area contributed by atoms with Gasteiger partial charge in [-0.2, -0.15) is 0 Å². The second kappa shape index (κ2) is 12.6. The van der Waals surface area contributed by atoms with E-state index in [9.17, 15) is 8.42 Å². The standard InChI is InChI=1S/C36H38N6O2S/c1-41-19-21-42(22-20-41)18-6-17-37-36-38-25-29-24-34(32-9-4-5-10-33(32)35(29)39-36)27-11-14-30(15-12-27)40-45(43,44)31-16-13-26-7-2-3-8-28(26)23-31/h2-5,7-16,23,25,34,40H,6,17-22,24H2,1H3,(H,37,38,39). The molecule has 8 nitrogen and oxygen atoms in total. The van der Waals surface area contributed by atoms with Crippen LogP contribution in [0.4, 0.5) is 11.6 Å². The fourth-order valence-electron chi connectivity index (χ4n) is 6.42. The number of likely N-dealkylation sites (N-methyl/N-ethyl adjacent to an activating group) is 1. The molecule has 1 saturated heterocycles. The van der Waals surface area contributed by atoms with E-state index in [1.807, 2.05) is 60.8 Å². The molecule has 1 aliphatic heterocycles. The first-order valence-electron chi connectivity index (χ1n) is 15.6. The summed E-state index contributed by atoms with van der Waals surface area (Å²) in [4.78, 5) is 14.8. The summed E-state index contributed by atoms with van der Waals surface area (Å²) in [6.07, 6.45) is 3.79. The van der Waals surface area contributed by atoms with Gasteiger partial charge in [0.2, 0.25) is 5.95 Å². The molecule has 45 heavy (non-hydrogen) atoms. The quantitative estimate of drug-likeness (QED) is 0.201. The molecule has 2 heterocycles. The van der Waals surface area contributed by atoms with E-state index in [1.54, 1.807) is 12.1 Å². The average molecular weight is 619 g/mol. The van der Waals surface area contributed by atoms with E-state index in [0.29, 0.717) is 11.6 Å². The number of hydrogen-bond acceptors (Lipinski definition) is 7. The molecule has 5 aromatic rings. The number of aromatic nitrogens is 2. The molecule has 0 radical (unpaired) electrons. The number of piperazine rings is 1. The summed E-state index contributed by atoms with van der Waals surface area (Å²) in [5.41, 5.74) is 6.08. The molecule has 1 fully saturated rings. The second-order valence-corrected chi connectivity index (χ2v) is 13.8. The van der Waals surface area contributed by atoms with Crippen LogP contribution < -0.4 is 10.0 Å². The molecule has 0 amide bonds. The normalized spacial score (nSPS) is 17.0. The third-order valence-corrected chi connectivity index (χ3v) is 10.4. The lowest BCUT2D eigenvalue weighted by atomic mass is 9.78. The molecule has 0 spiro atoms. The van der Waals surface area contributed by atoms with Gasteiger partial charge < -0.3 is 15.1 Å². The summed E-state index contributed by atoms with van der Waals surface area (Å²) >= 11 is 0. The average Bonchev–Trinajstić information content (AvgIpc) is 3.07. The molecule has 230 valence electrons. The minimum Gasteiger partial charge on any atom is -0.354 e. The van der Waals surface area contributed by atoms with E-state index in [0.717, 1.165) is 85.3 Å². The molecule has 1 unspecified atom stereocenters. The number of hydrogen-bond donors (Lipinski definition) is 2. The Morgan fingerprint density at radius 2 is 1.62 bits per heavy atom. The Kier molecular flexibility index (Phi) is 8.23. The number of anilines is 2. The third-order valence-electron chi connectivity index (χ3n) is 9.01. The number of rotatable bonds is 9. The molecule has 7 rings (SSSR count).